The quantitative estimate of drug-likeness (QED) is 0.477. The standard InChI is InChI=1S/C17H20O5/c1-9-7-12(10(2)11(3)14(9)20-6)8-13-15(18)21-17(4,5)22-16(13)19/h7-8H,1-6H3. The number of methoxy groups -OCH3 is 1. The molecule has 1 aromatic carbocycles. The largest absolute Gasteiger partial charge is 0.496 e. The molecule has 22 heavy (non-hydrogen) atoms. The second-order valence-corrected chi connectivity index (χ2v) is 5.80. The molecular weight excluding hydrogens is 284 g/mol. The van der Waals surface area contributed by atoms with Gasteiger partial charge in [0.05, 0.1) is 7.11 Å². The third-order valence-corrected chi connectivity index (χ3v) is 3.69. The van der Waals surface area contributed by atoms with Gasteiger partial charge in [0.2, 0.25) is 0 Å². The van der Waals surface area contributed by atoms with Gasteiger partial charge in [-0.05, 0) is 55.2 Å². The first-order chi connectivity index (χ1) is 10.2. The number of hydrogen-bond donors (Lipinski definition) is 0. The van der Waals surface area contributed by atoms with Crippen molar-refractivity contribution in [1.82, 2.24) is 0 Å². The predicted molar refractivity (Wildman–Crippen MR) is 81.4 cm³/mol. The minimum absolute atomic E-state index is 0.105. The van der Waals surface area contributed by atoms with Crippen molar-refractivity contribution in [3.63, 3.8) is 0 Å². The van der Waals surface area contributed by atoms with Crippen LogP contribution in [0.3, 0.4) is 0 Å². The third-order valence-electron chi connectivity index (χ3n) is 3.69. The van der Waals surface area contributed by atoms with Gasteiger partial charge in [0, 0.05) is 13.8 Å². The van der Waals surface area contributed by atoms with Crippen LogP contribution < -0.4 is 4.74 Å². The van der Waals surface area contributed by atoms with E-state index in [1.807, 2.05) is 26.8 Å². The van der Waals surface area contributed by atoms with Crippen LogP contribution in [0.2, 0.25) is 0 Å². The topological polar surface area (TPSA) is 61.8 Å². The average Bonchev–Trinajstić information content (AvgIpc) is 2.39. The fourth-order valence-electron chi connectivity index (χ4n) is 2.49. The lowest BCUT2D eigenvalue weighted by molar-refractivity contribution is -0.222. The van der Waals surface area contributed by atoms with Gasteiger partial charge in [-0.3, -0.25) is 0 Å². The van der Waals surface area contributed by atoms with E-state index in [4.69, 9.17) is 14.2 Å². The number of cyclic esters (lactones) is 2. The summed E-state index contributed by atoms with van der Waals surface area (Å²) >= 11 is 0. The minimum atomic E-state index is -1.23. The van der Waals surface area contributed by atoms with Gasteiger partial charge < -0.3 is 14.2 Å². The maximum absolute atomic E-state index is 12.0. The lowest BCUT2D eigenvalue weighted by atomic mass is 9.97. The number of hydrogen-bond acceptors (Lipinski definition) is 5. The number of rotatable bonds is 2. The van der Waals surface area contributed by atoms with Crippen molar-refractivity contribution in [2.45, 2.75) is 40.4 Å². The van der Waals surface area contributed by atoms with Gasteiger partial charge in [-0.25, -0.2) is 9.59 Å². The first-order valence-electron chi connectivity index (χ1n) is 6.99. The number of carbonyl (C=O) groups excluding carboxylic acids is 2. The van der Waals surface area contributed by atoms with Crippen LogP contribution in [0, 0.1) is 20.8 Å². The lowest BCUT2D eigenvalue weighted by Gasteiger charge is -2.29. The van der Waals surface area contributed by atoms with Gasteiger partial charge in [-0.2, -0.15) is 0 Å². The van der Waals surface area contributed by atoms with E-state index >= 15 is 0 Å². The molecule has 2 rings (SSSR count). The Balaban J connectivity index is 2.50. The lowest BCUT2D eigenvalue weighted by Crippen LogP contribution is -2.41. The molecule has 0 aliphatic carbocycles. The predicted octanol–water partition coefficient (Wildman–Crippen LogP) is 2.84. The second-order valence-electron chi connectivity index (χ2n) is 5.80. The van der Waals surface area contributed by atoms with Crippen LogP contribution in [0.4, 0.5) is 0 Å². The molecule has 0 N–H and O–H groups in total. The maximum Gasteiger partial charge on any atom is 0.348 e. The number of aryl methyl sites for hydroxylation is 1. The van der Waals surface area contributed by atoms with Crippen LogP contribution in [-0.4, -0.2) is 24.8 Å². The monoisotopic (exact) mass is 304 g/mol. The Morgan fingerprint density at radius 2 is 1.59 bits per heavy atom. The van der Waals surface area contributed by atoms with E-state index in [-0.39, 0.29) is 5.57 Å². The summed E-state index contributed by atoms with van der Waals surface area (Å²) in [6.07, 6.45) is 1.51. The van der Waals surface area contributed by atoms with Crippen LogP contribution in [0.25, 0.3) is 6.08 Å². The number of esters is 2. The highest BCUT2D eigenvalue weighted by atomic mass is 16.7. The molecule has 0 atom stereocenters. The second kappa shape index (κ2) is 5.48. The highest BCUT2D eigenvalue weighted by Gasteiger charge is 2.38. The molecule has 0 unspecified atom stereocenters. The highest BCUT2D eigenvalue weighted by Crippen LogP contribution is 2.31. The summed E-state index contributed by atoms with van der Waals surface area (Å²) in [5, 5.41) is 0. The van der Waals surface area contributed by atoms with Crippen LogP contribution in [0.5, 0.6) is 5.75 Å². The van der Waals surface area contributed by atoms with Crippen molar-refractivity contribution >= 4 is 18.0 Å². The Kier molecular flexibility index (Phi) is 4.00. The Morgan fingerprint density at radius 3 is 2.09 bits per heavy atom. The number of ether oxygens (including phenoxy) is 3. The fourth-order valence-corrected chi connectivity index (χ4v) is 2.49. The van der Waals surface area contributed by atoms with Gasteiger partial charge in [-0.15, -0.1) is 0 Å². The molecule has 0 radical (unpaired) electrons. The molecule has 0 spiro atoms. The summed E-state index contributed by atoms with van der Waals surface area (Å²) in [4.78, 5) is 24.0. The summed E-state index contributed by atoms with van der Waals surface area (Å²) in [6.45, 7) is 8.80. The maximum atomic E-state index is 12.0. The van der Waals surface area contributed by atoms with E-state index in [1.54, 1.807) is 7.11 Å². The van der Waals surface area contributed by atoms with Gasteiger partial charge in [-0.1, -0.05) is 0 Å². The van der Waals surface area contributed by atoms with E-state index < -0.39 is 17.7 Å². The Hall–Kier alpha value is -2.30. The van der Waals surface area contributed by atoms with Gasteiger partial charge in [0.1, 0.15) is 11.3 Å². The molecule has 1 heterocycles. The molecule has 0 saturated carbocycles. The molecule has 5 heteroatoms. The Labute approximate surface area is 129 Å². The summed E-state index contributed by atoms with van der Waals surface area (Å²) in [6, 6.07) is 1.87. The first kappa shape index (κ1) is 16.1. The molecule has 0 aromatic heterocycles. The first-order valence-corrected chi connectivity index (χ1v) is 6.99. The van der Waals surface area contributed by atoms with Crippen molar-refractivity contribution in [1.29, 1.82) is 0 Å². The van der Waals surface area contributed by atoms with Gasteiger partial charge in [0.25, 0.3) is 5.79 Å². The molecule has 1 aliphatic rings. The molecule has 1 fully saturated rings. The van der Waals surface area contributed by atoms with Crippen molar-refractivity contribution in [3.8, 4) is 5.75 Å². The molecule has 1 aromatic rings. The fraction of sp³-hybridized carbons (Fsp3) is 0.412. The SMILES string of the molecule is COc1c(C)cc(C=C2C(=O)OC(C)(C)OC2=O)c(C)c1C. The third kappa shape index (κ3) is 2.84. The number of benzene rings is 1. The Bertz CT molecular complexity index is 661. The Morgan fingerprint density at radius 1 is 1.05 bits per heavy atom. The number of carbonyl (C=O) groups is 2. The van der Waals surface area contributed by atoms with E-state index in [0.717, 1.165) is 28.0 Å². The van der Waals surface area contributed by atoms with Gasteiger partial charge in [0.15, 0.2) is 0 Å². The van der Waals surface area contributed by atoms with E-state index in [2.05, 4.69) is 0 Å². The van der Waals surface area contributed by atoms with Crippen molar-refractivity contribution in [3.05, 3.63) is 33.9 Å². The van der Waals surface area contributed by atoms with Crippen molar-refractivity contribution < 1.29 is 23.8 Å². The normalized spacial score (nSPS) is 16.9. The van der Waals surface area contributed by atoms with Crippen LogP contribution in [0.15, 0.2) is 11.6 Å². The molecule has 1 saturated heterocycles. The van der Waals surface area contributed by atoms with Crippen LogP contribution >= 0.6 is 0 Å². The van der Waals surface area contributed by atoms with Crippen LogP contribution in [-0.2, 0) is 19.1 Å². The molecular formula is C17H20O5. The molecule has 118 valence electrons. The summed E-state index contributed by atoms with van der Waals surface area (Å²) in [5.41, 5.74) is 3.48. The average molecular weight is 304 g/mol. The minimum Gasteiger partial charge on any atom is -0.496 e. The van der Waals surface area contributed by atoms with E-state index in [0.29, 0.717) is 0 Å². The zero-order valence-corrected chi connectivity index (χ0v) is 13.7. The van der Waals surface area contributed by atoms with E-state index in [1.165, 1.54) is 19.9 Å². The van der Waals surface area contributed by atoms with Crippen molar-refractivity contribution in [2.24, 2.45) is 0 Å². The van der Waals surface area contributed by atoms with E-state index in [9.17, 15) is 9.59 Å². The molecule has 0 amide bonds. The zero-order valence-electron chi connectivity index (χ0n) is 13.7. The molecule has 5 nitrogen and oxygen atoms in total. The summed E-state index contributed by atoms with van der Waals surface area (Å²) in [7, 11) is 1.62. The highest BCUT2D eigenvalue weighted by molar-refractivity contribution is 6.19. The van der Waals surface area contributed by atoms with Gasteiger partial charge >= 0.3 is 11.9 Å². The van der Waals surface area contributed by atoms with Crippen LogP contribution in [0.1, 0.15) is 36.1 Å². The smallest absolute Gasteiger partial charge is 0.348 e. The summed E-state index contributed by atoms with van der Waals surface area (Å²) < 4.78 is 15.6. The van der Waals surface area contributed by atoms with Crippen molar-refractivity contribution in [2.75, 3.05) is 7.11 Å². The molecule has 1 aliphatic heterocycles. The summed E-state index contributed by atoms with van der Waals surface area (Å²) in [5.74, 6) is -1.78. The molecule has 0 bridgehead atoms. The zero-order chi connectivity index (χ0) is 16.7.